The lowest BCUT2D eigenvalue weighted by atomic mass is 9.97. The van der Waals surface area contributed by atoms with E-state index in [4.69, 9.17) is 9.47 Å². The molecule has 27 heavy (non-hydrogen) atoms. The number of ether oxygens (including phenoxy) is 2. The molecule has 0 spiro atoms. The zero-order chi connectivity index (χ0) is 20.2. The molecule has 146 valence electrons. The Kier molecular flexibility index (Phi) is 6.11. The Balaban J connectivity index is 2.41. The van der Waals surface area contributed by atoms with Crippen molar-refractivity contribution < 1.29 is 35.9 Å². The minimum atomic E-state index is -5.57. The number of hydrogen-bond acceptors (Lipinski definition) is 5. The summed E-state index contributed by atoms with van der Waals surface area (Å²) in [5.74, 6) is 0.104. The van der Waals surface area contributed by atoms with Crippen molar-refractivity contribution in [2.24, 2.45) is 0 Å². The maximum Gasteiger partial charge on any atom is 0.511 e. The monoisotopic (exact) mass is 403 g/mol. The summed E-state index contributed by atoms with van der Waals surface area (Å²) in [6, 6.07) is 10.4. The molecule has 1 N–H and O–H groups in total. The van der Waals surface area contributed by atoms with E-state index < -0.39 is 27.9 Å². The van der Waals surface area contributed by atoms with E-state index >= 15 is 0 Å². The average Bonchev–Trinajstić information content (AvgIpc) is 2.64. The largest absolute Gasteiger partial charge is 0.511 e. The first kappa shape index (κ1) is 20.7. The van der Waals surface area contributed by atoms with Gasteiger partial charge in [0.25, 0.3) is 0 Å². The van der Waals surface area contributed by atoms with Crippen molar-refractivity contribution in [1.82, 2.24) is 4.72 Å². The molecule has 0 aliphatic carbocycles. The van der Waals surface area contributed by atoms with Gasteiger partial charge in [0.05, 0.1) is 14.2 Å². The van der Waals surface area contributed by atoms with Gasteiger partial charge in [0.2, 0.25) is 0 Å². The van der Waals surface area contributed by atoms with Crippen molar-refractivity contribution in [3.63, 3.8) is 0 Å². The molecule has 0 radical (unpaired) electrons. The van der Waals surface area contributed by atoms with E-state index in [-0.39, 0.29) is 22.4 Å². The third-order valence-electron chi connectivity index (χ3n) is 3.69. The lowest BCUT2D eigenvalue weighted by molar-refractivity contribution is -0.0448. The molecule has 0 heterocycles. The Morgan fingerprint density at radius 3 is 2.19 bits per heavy atom. The molecule has 6 nitrogen and oxygen atoms in total. The first-order valence-electron chi connectivity index (χ1n) is 7.51. The van der Waals surface area contributed by atoms with Gasteiger partial charge in [-0.3, -0.25) is 4.79 Å². The lowest BCUT2D eigenvalue weighted by Crippen LogP contribution is -2.36. The molecule has 0 amide bonds. The summed E-state index contributed by atoms with van der Waals surface area (Å²) >= 11 is 0. The summed E-state index contributed by atoms with van der Waals surface area (Å²) in [6.07, 6.45) is 0. The van der Waals surface area contributed by atoms with Crippen molar-refractivity contribution in [3.8, 4) is 11.5 Å². The zero-order valence-electron chi connectivity index (χ0n) is 14.3. The highest BCUT2D eigenvalue weighted by Gasteiger charge is 2.45. The number of rotatable bonds is 7. The van der Waals surface area contributed by atoms with E-state index in [0.717, 1.165) is 0 Å². The van der Waals surface area contributed by atoms with Crippen LogP contribution in [0.4, 0.5) is 13.2 Å². The van der Waals surface area contributed by atoms with E-state index in [2.05, 4.69) is 0 Å². The summed E-state index contributed by atoms with van der Waals surface area (Å²) in [5.41, 5.74) is -5.20. The molecule has 0 saturated carbocycles. The predicted molar refractivity (Wildman–Crippen MR) is 91.2 cm³/mol. The fourth-order valence-electron chi connectivity index (χ4n) is 2.30. The third kappa shape index (κ3) is 4.58. The van der Waals surface area contributed by atoms with Crippen LogP contribution in [0.25, 0.3) is 0 Å². The maximum atomic E-state index is 12.8. The van der Waals surface area contributed by atoms with Crippen LogP contribution in [-0.4, -0.2) is 33.9 Å². The highest BCUT2D eigenvalue weighted by molar-refractivity contribution is 7.90. The number of ketones is 1. The summed E-state index contributed by atoms with van der Waals surface area (Å²) < 4.78 is 71.7. The van der Waals surface area contributed by atoms with Crippen LogP contribution in [0, 0.1) is 0 Å². The van der Waals surface area contributed by atoms with Crippen LogP contribution in [0.5, 0.6) is 11.5 Å². The fourth-order valence-corrected chi connectivity index (χ4v) is 2.80. The van der Waals surface area contributed by atoms with Crippen LogP contribution in [-0.2, 0) is 16.6 Å². The standard InChI is InChI=1S/C17H16F3NO5S/c1-25-12-8-6-11(7-9-12)16(22)13-4-3-5-15(26-2)14(13)10-21-27(23,24)17(18,19)20/h3-9,21H,10H2,1-2H3. The number of benzene rings is 2. The number of carbonyl (C=O) groups is 1. The second-order valence-electron chi connectivity index (χ2n) is 5.31. The Morgan fingerprint density at radius 1 is 1.04 bits per heavy atom. The zero-order valence-corrected chi connectivity index (χ0v) is 15.1. The molecule has 0 saturated heterocycles. The molecule has 0 atom stereocenters. The second kappa shape index (κ2) is 7.97. The Bertz CT molecular complexity index is 925. The van der Waals surface area contributed by atoms with Gasteiger partial charge in [-0.2, -0.15) is 13.2 Å². The van der Waals surface area contributed by atoms with E-state index in [9.17, 15) is 26.4 Å². The van der Waals surface area contributed by atoms with Gasteiger partial charge >= 0.3 is 15.5 Å². The topological polar surface area (TPSA) is 81.7 Å². The molecular weight excluding hydrogens is 387 g/mol. The number of alkyl halides is 3. The van der Waals surface area contributed by atoms with E-state index in [1.165, 1.54) is 49.3 Å². The van der Waals surface area contributed by atoms with Crippen molar-refractivity contribution in [1.29, 1.82) is 0 Å². The van der Waals surface area contributed by atoms with Crippen LogP contribution in [0.1, 0.15) is 21.5 Å². The summed E-state index contributed by atoms with van der Waals surface area (Å²) in [4.78, 5) is 12.8. The number of methoxy groups -OCH3 is 2. The molecule has 2 aromatic carbocycles. The van der Waals surface area contributed by atoms with Crippen LogP contribution in [0.3, 0.4) is 0 Å². The quantitative estimate of drug-likeness (QED) is 0.719. The van der Waals surface area contributed by atoms with Gasteiger partial charge in [-0.1, -0.05) is 12.1 Å². The van der Waals surface area contributed by atoms with Crippen molar-refractivity contribution in [2.75, 3.05) is 14.2 Å². The molecule has 0 aliphatic heterocycles. The molecule has 0 fully saturated rings. The van der Waals surface area contributed by atoms with E-state index in [1.54, 1.807) is 12.1 Å². The fraction of sp³-hybridized carbons (Fsp3) is 0.235. The maximum absolute atomic E-state index is 12.8. The minimum absolute atomic E-state index is 0.00589. The molecular formula is C17H16F3NO5S. The molecule has 0 aromatic heterocycles. The van der Waals surface area contributed by atoms with Gasteiger partial charge in [0, 0.05) is 23.2 Å². The van der Waals surface area contributed by atoms with Crippen molar-refractivity contribution in [2.45, 2.75) is 12.1 Å². The van der Waals surface area contributed by atoms with Crippen LogP contribution >= 0.6 is 0 Å². The van der Waals surface area contributed by atoms with Gasteiger partial charge in [-0.25, -0.2) is 13.1 Å². The smallest absolute Gasteiger partial charge is 0.497 e. The molecule has 2 rings (SSSR count). The van der Waals surface area contributed by atoms with Gasteiger partial charge in [-0.15, -0.1) is 0 Å². The summed E-state index contributed by atoms with van der Waals surface area (Å²) in [7, 11) is -2.85. The number of hydrogen-bond donors (Lipinski definition) is 1. The SMILES string of the molecule is COc1ccc(C(=O)c2cccc(OC)c2CNS(=O)(=O)C(F)(F)F)cc1. The first-order chi connectivity index (χ1) is 12.6. The summed E-state index contributed by atoms with van der Waals surface area (Å²) in [6.45, 7) is -0.761. The average molecular weight is 403 g/mol. The molecule has 0 aliphatic rings. The van der Waals surface area contributed by atoms with Gasteiger partial charge in [-0.05, 0) is 30.3 Å². The van der Waals surface area contributed by atoms with Crippen LogP contribution < -0.4 is 14.2 Å². The summed E-state index contributed by atoms with van der Waals surface area (Å²) in [5, 5.41) is 0. The Morgan fingerprint density at radius 2 is 1.67 bits per heavy atom. The second-order valence-corrected chi connectivity index (χ2v) is 7.07. The molecule has 2 aromatic rings. The van der Waals surface area contributed by atoms with Gasteiger partial charge in [0.1, 0.15) is 11.5 Å². The molecule has 0 unspecified atom stereocenters. The number of carbonyl (C=O) groups excluding carboxylic acids is 1. The van der Waals surface area contributed by atoms with E-state index in [1.807, 2.05) is 0 Å². The van der Waals surface area contributed by atoms with Gasteiger partial charge < -0.3 is 9.47 Å². The lowest BCUT2D eigenvalue weighted by Gasteiger charge is -2.15. The molecule has 10 heteroatoms. The first-order valence-corrected chi connectivity index (χ1v) is 8.99. The highest BCUT2D eigenvalue weighted by atomic mass is 32.2. The van der Waals surface area contributed by atoms with Gasteiger partial charge in [0.15, 0.2) is 5.78 Å². The third-order valence-corrected chi connectivity index (χ3v) is 4.83. The predicted octanol–water partition coefficient (Wildman–Crippen LogP) is 2.87. The highest BCUT2D eigenvalue weighted by Crippen LogP contribution is 2.27. The number of nitrogens with one attached hydrogen (secondary N) is 1. The van der Waals surface area contributed by atoms with Crippen LogP contribution in [0.2, 0.25) is 0 Å². The van der Waals surface area contributed by atoms with Crippen molar-refractivity contribution in [3.05, 3.63) is 59.2 Å². The molecule has 0 bridgehead atoms. The Labute approximate surface area is 154 Å². The normalized spacial score (nSPS) is 11.9. The minimum Gasteiger partial charge on any atom is -0.497 e. The van der Waals surface area contributed by atoms with Crippen LogP contribution in [0.15, 0.2) is 42.5 Å². The number of sulfonamides is 1. The van der Waals surface area contributed by atoms with Crippen molar-refractivity contribution >= 4 is 15.8 Å². The van der Waals surface area contributed by atoms with E-state index in [0.29, 0.717) is 5.75 Å². The number of halogens is 3. The Hall–Kier alpha value is -2.59.